The molecular weight excluding hydrogens is 526 g/mol. The van der Waals surface area contributed by atoms with E-state index in [9.17, 15) is 14.4 Å². The second-order valence-corrected chi connectivity index (χ2v) is 11.3. The Bertz CT molecular complexity index is 1640. The van der Waals surface area contributed by atoms with Gasteiger partial charge < -0.3 is 15.4 Å². The third-order valence-electron chi connectivity index (χ3n) is 9.23. The first kappa shape index (κ1) is 25.1. The molecule has 0 saturated carbocycles. The molecule has 2 spiro atoms. The summed E-state index contributed by atoms with van der Waals surface area (Å²) in [6, 6.07) is 17.8. The third-order valence-corrected chi connectivity index (χ3v) is 9.64. The van der Waals surface area contributed by atoms with Crippen molar-refractivity contribution in [3.63, 3.8) is 0 Å². The van der Waals surface area contributed by atoms with Crippen molar-refractivity contribution in [1.82, 2.24) is 4.90 Å². The van der Waals surface area contributed by atoms with E-state index in [-0.39, 0.29) is 23.6 Å². The summed E-state index contributed by atoms with van der Waals surface area (Å²) in [6.07, 6.45) is 3.15. The van der Waals surface area contributed by atoms with Gasteiger partial charge in [0, 0.05) is 27.9 Å². The Morgan fingerprint density at radius 1 is 1.10 bits per heavy atom. The number of anilines is 2. The number of para-hydroxylation sites is 1. The maximum Gasteiger partial charge on any atom is 0.251 e. The molecule has 4 aliphatic heterocycles. The van der Waals surface area contributed by atoms with Gasteiger partial charge >= 0.3 is 0 Å². The number of ketones is 1. The molecule has 7 rings (SSSR count). The zero-order valence-corrected chi connectivity index (χ0v) is 22.8. The number of carbonyl (C=O) groups excluding carboxylic acids is 3. The minimum absolute atomic E-state index is 0.184. The Balaban J connectivity index is 1.53. The lowest BCUT2D eigenvalue weighted by Gasteiger charge is -2.43. The lowest BCUT2D eigenvalue weighted by molar-refractivity contribution is -0.137. The van der Waals surface area contributed by atoms with Crippen LogP contribution in [0.15, 0.2) is 73.3 Å². The third kappa shape index (κ3) is 2.91. The van der Waals surface area contributed by atoms with E-state index < -0.39 is 16.9 Å². The number of rotatable bonds is 5. The van der Waals surface area contributed by atoms with Gasteiger partial charge in [0.1, 0.15) is 23.3 Å². The van der Waals surface area contributed by atoms with Gasteiger partial charge in [0.25, 0.3) is 5.91 Å². The molecule has 0 unspecified atom stereocenters. The van der Waals surface area contributed by atoms with Gasteiger partial charge in [-0.3, -0.25) is 19.3 Å². The Morgan fingerprint density at radius 2 is 1.93 bits per heavy atom. The van der Waals surface area contributed by atoms with E-state index in [1.165, 1.54) is 0 Å². The Kier molecular flexibility index (Phi) is 5.50. The Hall–Kier alpha value is -3.94. The lowest BCUT2D eigenvalue weighted by atomic mass is 9.57. The summed E-state index contributed by atoms with van der Waals surface area (Å²) in [5.41, 5.74) is 0.862. The molecule has 0 aliphatic carbocycles. The Morgan fingerprint density at radius 3 is 2.75 bits per heavy atom. The van der Waals surface area contributed by atoms with E-state index >= 15 is 0 Å². The summed E-state index contributed by atoms with van der Waals surface area (Å²) in [5, 5.41) is 6.69. The van der Waals surface area contributed by atoms with Crippen molar-refractivity contribution in [2.24, 2.45) is 5.92 Å². The lowest BCUT2D eigenvalue weighted by Crippen LogP contribution is -2.62. The first-order valence-electron chi connectivity index (χ1n) is 13.5. The molecular formula is C32H28ClN3O4. The zero-order valence-electron chi connectivity index (χ0n) is 22.0. The zero-order chi connectivity index (χ0) is 27.8. The van der Waals surface area contributed by atoms with E-state index in [0.717, 1.165) is 12.0 Å². The predicted molar refractivity (Wildman–Crippen MR) is 153 cm³/mol. The van der Waals surface area contributed by atoms with Crippen LogP contribution in [0.25, 0.3) is 0 Å². The monoisotopic (exact) mass is 553 g/mol. The number of nitrogens with zero attached hydrogens (tertiary/aromatic N) is 1. The van der Waals surface area contributed by atoms with E-state index in [2.05, 4.69) is 22.1 Å². The molecule has 3 aromatic carbocycles. The number of benzene rings is 3. The maximum atomic E-state index is 14.8. The minimum Gasteiger partial charge on any atom is -0.490 e. The number of hydrogen-bond donors (Lipinski definition) is 2. The highest BCUT2D eigenvalue weighted by Crippen LogP contribution is 2.68. The molecule has 2 saturated heterocycles. The highest BCUT2D eigenvalue weighted by atomic mass is 35.5. The molecule has 4 aliphatic rings. The van der Waals surface area contributed by atoms with Gasteiger partial charge in [-0.05, 0) is 61.7 Å². The topological polar surface area (TPSA) is 87.7 Å². The van der Waals surface area contributed by atoms with Crippen LogP contribution in [-0.4, -0.2) is 41.7 Å². The Labute approximate surface area is 237 Å². The van der Waals surface area contributed by atoms with E-state index in [1.807, 2.05) is 37.3 Å². The molecule has 7 nitrogen and oxygen atoms in total. The molecule has 3 aromatic rings. The van der Waals surface area contributed by atoms with Crippen LogP contribution in [0.3, 0.4) is 0 Å². The molecule has 202 valence electrons. The van der Waals surface area contributed by atoms with E-state index in [4.69, 9.17) is 16.3 Å². The minimum atomic E-state index is -1.50. The largest absolute Gasteiger partial charge is 0.490 e. The summed E-state index contributed by atoms with van der Waals surface area (Å²) in [6.45, 7) is 6.46. The molecule has 0 aromatic heterocycles. The van der Waals surface area contributed by atoms with Crippen molar-refractivity contribution >= 4 is 40.6 Å². The molecule has 8 heteroatoms. The molecule has 2 amide bonds. The van der Waals surface area contributed by atoms with Gasteiger partial charge in [-0.15, -0.1) is 0 Å². The molecule has 40 heavy (non-hydrogen) atoms. The molecule has 4 heterocycles. The number of ether oxygens (including phenoxy) is 1. The van der Waals surface area contributed by atoms with Gasteiger partial charge in [-0.2, -0.15) is 0 Å². The fourth-order valence-corrected chi connectivity index (χ4v) is 8.00. The highest BCUT2D eigenvalue weighted by molar-refractivity contribution is 6.32. The van der Waals surface area contributed by atoms with Crippen LogP contribution in [-0.2, 0) is 20.5 Å². The molecule has 2 fully saturated rings. The van der Waals surface area contributed by atoms with Gasteiger partial charge in [-0.25, -0.2) is 0 Å². The van der Waals surface area contributed by atoms with Gasteiger partial charge in [0.05, 0.1) is 11.6 Å². The van der Waals surface area contributed by atoms with Crippen molar-refractivity contribution < 1.29 is 19.1 Å². The van der Waals surface area contributed by atoms with Crippen LogP contribution >= 0.6 is 11.6 Å². The summed E-state index contributed by atoms with van der Waals surface area (Å²) in [5.74, 6) is -1.10. The number of Topliss-reactive ketones (excluding diaryl/α,β-unsaturated/α-hetero) is 1. The highest BCUT2D eigenvalue weighted by Gasteiger charge is 2.81. The number of nitrogens with one attached hydrogen (secondary N) is 2. The van der Waals surface area contributed by atoms with Crippen LogP contribution in [0.5, 0.6) is 5.75 Å². The second kappa shape index (κ2) is 8.78. The van der Waals surface area contributed by atoms with Crippen LogP contribution in [0.2, 0.25) is 5.02 Å². The number of fused-ring (bicyclic) bond motifs is 7. The normalized spacial score (nSPS) is 27.9. The van der Waals surface area contributed by atoms with Crippen LogP contribution in [0, 0.1) is 12.8 Å². The number of halogens is 1. The van der Waals surface area contributed by atoms with Crippen LogP contribution in [0.4, 0.5) is 11.4 Å². The maximum absolute atomic E-state index is 14.8. The second-order valence-electron chi connectivity index (χ2n) is 10.9. The summed E-state index contributed by atoms with van der Waals surface area (Å²) < 4.78 is 5.73. The van der Waals surface area contributed by atoms with Gasteiger partial charge in [-0.1, -0.05) is 60.7 Å². The van der Waals surface area contributed by atoms with Crippen molar-refractivity contribution in [3.05, 3.63) is 101 Å². The summed E-state index contributed by atoms with van der Waals surface area (Å²) in [7, 11) is 0. The standard InChI is InChI=1S/C32H28ClN3O4/c1-3-16-40-20-9-6-8-19(17-20)28(37)26-25-12-7-15-36(25)32(22-13-14-23(33)18(2)27(22)35-30(32)39)31(26)21-10-4-5-11-24(21)34-29(31)38/h3-6,8-11,13-14,17,25-26H,1,7,12,15-16H2,2H3,(H,34,38)(H,35,39)/t25-,26+,31-,32-/m1/s1. The number of hydrogen-bond acceptors (Lipinski definition) is 5. The van der Waals surface area contributed by atoms with Crippen molar-refractivity contribution in [2.75, 3.05) is 23.8 Å². The quantitative estimate of drug-likeness (QED) is 0.334. The fourth-order valence-electron chi connectivity index (χ4n) is 7.84. The SMILES string of the molecule is C=CCOc1cccc(C(=O)[C@@H]2[C@H]3CCCN3[C@]3(C(=O)Nc4c3ccc(Cl)c4C)[C@@]23C(=O)Nc2ccccc23)c1. The van der Waals surface area contributed by atoms with Crippen molar-refractivity contribution in [3.8, 4) is 5.75 Å². The number of amides is 2. The fraction of sp³-hybridized carbons (Fsp3) is 0.281. The molecule has 0 radical (unpaired) electrons. The average Bonchev–Trinajstić information content (AvgIpc) is 3.68. The molecule has 2 N–H and O–H groups in total. The number of carbonyl (C=O) groups is 3. The summed E-state index contributed by atoms with van der Waals surface area (Å²) >= 11 is 6.50. The van der Waals surface area contributed by atoms with E-state index in [0.29, 0.717) is 58.4 Å². The van der Waals surface area contributed by atoms with E-state index in [1.54, 1.807) is 36.4 Å². The van der Waals surface area contributed by atoms with Crippen LogP contribution < -0.4 is 15.4 Å². The predicted octanol–water partition coefficient (Wildman–Crippen LogP) is 5.23. The molecule has 4 atom stereocenters. The van der Waals surface area contributed by atoms with Crippen molar-refractivity contribution in [2.45, 2.75) is 36.8 Å². The smallest absolute Gasteiger partial charge is 0.251 e. The van der Waals surface area contributed by atoms with Crippen molar-refractivity contribution in [1.29, 1.82) is 0 Å². The first-order valence-corrected chi connectivity index (χ1v) is 13.9. The van der Waals surface area contributed by atoms with Gasteiger partial charge in [0.2, 0.25) is 5.91 Å². The first-order chi connectivity index (χ1) is 19.4. The summed E-state index contributed by atoms with van der Waals surface area (Å²) in [4.78, 5) is 46.0. The van der Waals surface area contributed by atoms with Crippen LogP contribution in [0.1, 0.15) is 39.9 Å². The molecule has 0 bridgehead atoms. The average molecular weight is 554 g/mol. The van der Waals surface area contributed by atoms with Gasteiger partial charge in [0.15, 0.2) is 5.78 Å².